The molecule has 0 saturated heterocycles. The first kappa shape index (κ1) is 19.6. The summed E-state index contributed by atoms with van der Waals surface area (Å²) in [6.07, 6.45) is 8.76. The summed E-state index contributed by atoms with van der Waals surface area (Å²) in [6, 6.07) is 3.92. The van der Waals surface area contributed by atoms with Crippen molar-refractivity contribution < 1.29 is 9.15 Å². The molecule has 5 heteroatoms. The molecule has 140 valence electrons. The average molecular weight is 348 g/mol. The van der Waals surface area contributed by atoms with E-state index in [0.717, 1.165) is 56.4 Å². The van der Waals surface area contributed by atoms with Crippen LogP contribution in [0.4, 0.5) is 0 Å². The first-order chi connectivity index (χ1) is 12.1. The fourth-order valence-corrected chi connectivity index (χ4v) is 3.35. The molecule has 2 rings (SSSR count). The van der Waals surface area contributed by atoms with Gasteiger partial charge in [-0.2, -0.15) is 0 Å². The van der Waals surface area contributed by atoms with Crippen molar-refractivity contribution in [3.63, 3.8) is 0 Å². The molecule has 0 radical (unpaired) electrons. The third kappa shape index (κ3) is 6.94. The summed E-state index contributed by atoms with van der Waals surface area (Å²) < 4.78 is 10.7. The molecule has 1 aliphatic rings. The number of hydrogen-bond acceptors (Lipinski definition) is 3. The predicted molar refractivity (Wildman–Crippen MR) is 103 cm³/mol. The van der Waals surface area contributed by atoms with Gasteiger partial charge in [-0.15, -0.1) is 0 Å². The highest BCUT2D eigenvalue weighted by Crippen LogP contribution is 2.41. The number of nitrogens with one attached hydrogen (secondary N) is 2. The predicted octanol–water partition coefficient (Wildman–Crippen LogP) is 3.53. The van der Waals surface area contributed by atoms with Gasteiger partial charge in [-0.05, 0) is 43.7 Å². The van der Waals surface area contributed by atoms with Crippen molar-refractivity contribution in [1.29, 1.82) is 0 Å². The molecule has 1 aromatic heterocycles. The van der Waals surface area contributed by atoms with E-state index in [-0.39, 0.29) is 0 Å². The van der Waals surface area contributed by atoms with Crippen LogP contribution in [0.1, 0.15) is 44.8 Å². The number of ether oxygens (including phenoxy) is 1. The lowest BCUT2D eigenvalue weighted by Crippen LogP contribution is -2.40. The Hall–Kier alpha value is -1.75. The number of furan rings is 1. The van der Waals surface area contributed by atoms with Gasteiger partial charge >= 0.3 is 0 Å². The van der Waals surface area contributed by atoms with Crippen LogP contribution in [0, 0.1) is 5.41 Å². The molecule has 0 amide bonds. The summed E-state index contributed by atoms with van der Waals surface area (Å²) >= 11 is 0. The van der Waals surface area contributed by atoms with Crippen molar-refractivity contribution >= 4 is 5.96 Å². The van der Waals surface area contributed by atoms with E-state index < -0.39 is 0 Å². The van der Waals surface area contributed by atoms with E-state index >= 15 is 0 Å². The Bertz CT molecular complexity index is 531. The number of guanidine groups is 1. The van der Waals surface area contributed by atoms with Crippen molar-refractivity contribution in [3.05, 3.63) is 36.3 Å². The number of aliphatic imine (C=N–C) groups is 1. The van der Waals surface area contributed by atoms with E-state index in [1.54, 1.807) is 13.4 Å². The van der Waals surface area contributed by atoms with Gasteiger partial charge in [-0.25, -0.2) is 0 Å². The van der Waals surface area contributed by atoms with E-state index in [4.69, 9.17) is 14.1 Å². The van der Waals surface area contributed by atoms with Crippen LogP contribution in [-0.2, 0) is 11.2 Å². The van der Waals surface area contributed by atoms with Crippen LogP contribution in [0.25, 0.3) is 0 Å². The molecule has 0 spiro atoms. The van der Waals surface area contributed by atoms with Gasteiger partial charge in [0.05, 0.1) is 6.26 Å². The van der Waals surface area contributed by atoms with E-state index in [9.17, 15) is 0 Å². The zero-order valence-electron chi connectivity index (χ0n) is 15.8. The van der Waals surface area contributed by atoms with Crippen LogP contribution >= 0.6 is 0 Å². The summed E-state index contributed by atoms with van der Waals surface area (Å²) in [5, 5.41) is 6.79. The van der Waals surface area contributed by atoms with E-state index in [1.165, 1.54) is 25.7 Å². The Morgan fingerprint density at radius 2 is 2.16 bits per heavy atom. The standard InChI is InChI=1S/C20H33N3O2/c1-17(2)15-22-19(21-12-8-18-7-6-13-25-18)23-16-20(11-14-24-3)9-4-5-10-20/h6-7,13H,1,4-5,8-12,14-16H2,2-3H3,(H2,21,22,23). The zero-order chi connectivity index (χ0) is 18.0. The van der Waals surface area contributed by atoms with Gasteiger partial charge in [-0.1, -0.05) is 25.0 Å². The molecular weight excluding hydrogens is 314 g/mol. The monoisotopic (exact) mass is 347 g/mol. The Kier molecular flexibility index (Phi) is 8.06. The van der Waals surface area contributed by atoms with Gasteiger partial charge in [0.15, 0.2) is 5.96 Å². The first-order valence-corrected chi connectivity index (χ1v) is 9.31. The molecule has 0 bridgehead atoms. The summed E-state index contributed by atoms with van der Waals surface area (Å²) in [4.78, 5) is 4.89. The largest absolute Gasteiger partial charge is 0.469 e. The highest BCUT2D eigenvalue weighted by Gasteiger charge is 2.33. The van der Waals surface area contributed by atoms with Gasteiger partial charge in [0.2, 0.25) is 0 Å². The molecule has 2 N–H and O–H groups in total. The van der Waals surface area contributed by atoms with Crippen molar-refractivity contribution in [2.24, 2.45) is 10.4 Å². The molecule has 25 heavy (non-hydrogen) atoms. The molecule has 0 aliphatic heterocycles. The van der Waals surface area contributed by atoms with E-state index in [0.29, 0.717) is 5.41 Å². The molecule has 1 saturated carbocycles. The Balaban J connectivity index is 1.91. The smallest absolute Gasteiger partial charge is 0.191 e. The van der Waals surface area contributed by atoms with Gasteiger partial charge in [0, 0.05) is 39.8 Å². The molecule has 5 nitrogen and oxygen atoms in total. The van der Waals surface area contributed by atoms with Crippen LogP contribution in [0.2, 0.25) is 0 Å². The highest BCUT2D eigenvalue weighted by molar-refractivity contribution is 5.80. The molecule has 1 aliphatic carbocycles. The van der Waals surface area contributed by atoms with Crippen molar-refractivity contribution in [1.82, 2.24) is 10.6 Å². The maximum absolute atomic E-state index is 5.39. The van der Waals surface area contributed by atoms with Crippen LogP contribution < -0.4 is 10.6 Å². The normalized spacial score (nSPS) is 16.8. The van der Waals surface area contributed by atoms with Crippen molar-refractivity contribution in [2.45, 2.75) is 45.4 Å². The molecule has 0 atom stereocenters. The second-order valence-electron chi connectivity index (χ2n) is 7.18. The third-order valence-corrected chi connectivity index (χ3v) is 4.87. The molecule has 1 heterocycles. The van der Waals surface area contributed by atoms with Crippen molar-refractivity contribution in [3.8, 4) is 0 Å². The summed E-state index contributed by atoms with van der Waals surface area (Å²) in [5.41, 5.74) is 1.39. The Labute approximate surface area is 151 Å². The fourth-order valence-electron chi connectivity index (χ4n) is 3.35. The number of rotatable bonds is 10. The second kappa shape index (κ2) is 10.3. The number of hydrogen-bond donors (Lipinski definition) is 2. The van der Waals surface area contributed by atoms with Gasteiger partial charge < -0.3 is 19.8 Å². The molecular formula is C20H33N3O2. The third-order valence-electron chi connectivity index (χ3n) is 4.87. The Morgan fingerprint density at radius 1 is 1.36 bits per heavy atom. The minimum absolute atomic E-state index is 0.300. The van der Waals surface area contributed by atoms with Crippen LogP contribution in [0.15, 0.2) is 40.0 Å². The minimum Gasteiger partial charge on any atom is -0.469 e. The van der Waals surface area contributed by atoms with Gasteiger partial charge in [-0.3, -0.25) is 4.99 Å². The van der Waals surface area contributed by atoms with Crippen LogP contribution in [0.3, 0.4) is 0 Å². The lowest BCUT2D eigenvalue weighted by atomic mass is 9.83. The summed E-state index contributed by atoms with van der Waals surface area (Å²) in [7, 11) is 1.78. The number of nitrogens with zero attached hydrogens (tertiary/aromatic N) is 1. The zero-order valence-corrected chi connectivity index (χ0v) is 15.8. The molecule has 0 unspecified atom stereocenters. The topological polar surface area (TPSA) is 58.8 Å². The van der Waals surface area contributed by atoms with E-state index in [1.807, 2.05) is 19.1 Å². The quantitative estimate of drug-likeness (QED) is 0.386. The Morgan fingerprint density at radius 3 is 2.80 bits per heavy atom. The van der Waals surface area contributed by atoms with Crippen LogP contribution in [0.5, 0.6) is 0 Å². The van der Waals surface area contributed by atoms with Crippen molar-refractivity contribution in [2.75, 3.05) is 33.4 Å². The van der Waals surface area contributed by atoms with Crippen LogP contribution in [-0.4, -0.2) is 39.3 Å². The maximum atomic E-state index is 5.39. The van der Waals surface area contributed by atoms with E-state index in [2.05, 4.69) is 17.2 Å². The second-order valence-corrected chi connectivity index (χ2v) is 7.18. The minimum atomic E-state index is 0.300. The number of methoxy groups -OCH3 is 1. The lowest BCUT2D eigenvalue weighted by molar-refractivity contribution is 0.141. The van der Waals surface area contributed by atoms with Gasteiger partial charge in [0.25, 0.3) is 0 Å². The SMILES string of the molecule is C=C(C)CNC(=NCC1(CCOC)CCCC1)NCCc1ccco1. The molecule has 1 fully saturated rings. The summed E-state index contributed by atoms with van der Waals surface area (Å²) in [5.74, 6) is 1.84. The highest BCUT2D eigenvalue weighted by atomic mass is 16.5. The lowest BCUT2D eigenvalue weighted by Gasteiger charge is -2.27. The fraction of sp³-hybridized carbons (Fsp3) is 0.650. The summed E-state index contributed by atoms with van der Waals surface area (Å²) in [6.45, 7) is 9.17. The maximum Gasteiger partial charge on any atom is 0.191 e. The molecule has 1 aromatic rings. The van der Waals surface area contributed by atoms with Gasteiger partial charge in [0.1, 0.15) is 5.76 Å². The average Bonchev–Trinajstić information content (AvgIpc) is 3.27. The molecule has 0 aromatic carbocycles. The first-order valence-electron chi connectivity index (χ1n) is 9.31.